The van der Waals surface area contributed by atoms with Gasteiger partial charge in [-0.25, -0.2) is 4.98 Å². The molecule has 2 N–H and O–H groups in total. The van der Waals surface area contributed by atoms with Crippen LogP contribution in [0.5, 0.6) is 5.75 Å². The molecule has 1 aromatic heterocycles. The Bertz CT molecular complexity index is 717. The van der Waals surface area contributed by atoms with Crippen LogP contribution in [0.4, 0.5) is 0 Å². The molecule has 6 nitrogen and oxygen atoms in total. The molecule has 0 aliphatic rings. The molecule has 7 heteroatoms. The Hall–Kier alpha value is -2.41. The van der Waals surface area contributed by atoms with E-state index in [1.807, 2.05) is 27.7 Å². The summed E-state index contributed by atoms with van der Waals surface area (Å²) in [5.74, 6) is -0.0910. The quantitative estimate of drug-likeness (QED) is 0.834. The molecule has 2 rings (SSSR count). The molecule has 1 heterocycles. The maximum atomic E-state index is 12.1. The average Bonchev–Trinajstić information content (AvgIpc) is 3.03. The number of thiazole rings is 1. The maximum Gasteiger partial charge on any atom is 0.281 e. The van der Waals surface area contributed by atoms with Gasteiger partial charge in [-0.15, -0.1) is 11.3 Å². The fourth-order valence-electron chi connectivity index (χ4n) is 1.84. The fraction of sp³-hybridized carbons (Fsp3) is 0.353. The molecule has 0 spiro atoms. The molecule has 2 amide bonds. The van der Waals surface area contributed by atoms with Crippen molar-refractivity contribution < 1.29 is 14.3 Å². The van der Waals surface area contributed by atoms with Crippen molar-refractivity contribution in [2.24, 2.45) is 0 Å². The van der Waals surface area contributed by atoms with E-state index < -0.39 is 5.91 Å². The number of carbonyl (C=O) groups excluding carboxylic acids is 2. The number of nitrogens with one attached hydrogen (secondary N) is 2. The predicted molar refractivity (Wildman–Crippen MR) is 93.4 cm³/mol. The van der Waals surface area contributed by atoms with Gasteiger partial charge in [-0.2, -0.15) is 0 Å². The van der Waals surface area contributed by atoms with Crippen molar-refractivity contribution in [2.45, 2.75) is 33.1 Å². The molecule has 128 valence electrons. The average molecular weight is 347 g/mol. The van der Waals surface area contributed by atoms with Crippen LogP contribution in [0.2, 0.25) is 0 Å². The summed E-state index contributed by atoms with van der Waals surface area (Å²) in [4.78, 5) is 28.8. The minimum absolute atomic E-state index is 0.116. The second-order valence-corrected chi connectivity index (χ2v) is 7.18. The van der Waals surface area contributed by atoms with Crippen LogP contribution in [0.15, 0.2) is 30.5 Å². The monoisotopic (exact) mass is 347 g/mol. The van der Waals surface area contributed by atoms with Gasteiger partial charge in [-0.3, -0.25) is 20.4 Å². The van der Waals surface area contributed by atoms with Gasteiger partial charge in [0.15, 0.2) is 0 Å². The van der Waals surface area contributed by atoms with Crippen LogP contribution in [0.1, 0.15) is 52.7 Å². The maximum absolute atomic E-state index is 12.1. The number of hydrazine groups is 1. The zero-order chi connectivity index (χ0) is 17.7. The van der Waals surface area contributed by atoms with Gasteiger partial charge in [0.05, 0.1) is 17.8 Å². The zero-order valence-corrected chi connectivity index (χ0v) is 15.0. The normalized spacial score (nSPS) is 11.0. The lowest BCUT2D eigenvalue weighted by Crippen LogP contribution is -2.41. The van der Waals surface area contributed by atoms with E-state index in [9.17, 15) is 9.59 Å². The van der Waals surface area contributed by atoms with E-state index in [1.54, 1.807) is 24.3 Å². The van der Waals surface area contributed by atoms with Crippen molar-refractivity contribution in [3.8, 4) is 5.75 Å². The minimum Gasteiger partial charge on any atom is -0.494 e. The van der Waals surface area contributed by atoms with Gasteiger partial charge in [-0.05, 0) is 31.2 Å². The summed E-state index contributed by atoms with van der Waals surface area (Å²) in [6, 6.07) is 6.69. The molecule has 0 fully saturated rings. The van der Waals surface area contributed by atoms with Crippen molar-refractivity contribution in [2.75, 3.05) is 6.61 Å². The number of hydrogen-bond acceptors (Lipinski definition) is 5. The van der Waals surface area contributed by atoms with Crippen LogP contribution in [-0.4, -0.2) is 23.4 Å². The van der Waals surface area contributed by atoms with Gasteiger partial charge in [0, 0.05) is 11.0 Å². The number of carbonyl (C=O) groups is 2. The van der Waals surface area contributed by atoms with Crippen molar-refractivity contribution in [3.05, 3.63) is 45.9 Å². The van der Waals surface area contributed by atoms with E-state index >= 15 is 0 Å². The highest BCUT2D eigenvalue weighted by Crippen LogP contribution is 2.26. The number of ether oxygens (including phenoxy) is 1. The molecule has 1 aromatic carbocycles. The number of benzene rings is 1. The van der Waals surface area contributed by atoms with Crippen molar-refractivity contribution in [3.63, 3.8) is 0 Å². The second-order valence-electron chi connectivity index (χ2n) is 6.15. The number of aromatic nitrogens is 1. The molecule has 0 bridgehead atoms. The first-order valence-corrected chi connectivity index (χ1v) is 8.42. The molecule has 0 aliphatic carbocycles. The summed E-state index contributed by atoms with van der Waals surface area (Å²) in [5.41, 5.74) is 5.11. The van der Waals surface area contributed by atoms with E-state index in [2.05, 4.69) is 15.8 Å². The summed E-state index contributed by atoms with van der Waals surface area (Å²) < 4.78 is 5.32. The van der Waals surface area contributed by atoms with Crippen LogP contribution in [0, 0.1) is 0 Å². The molecule has 0 atom stereocenters. The van der Waals surface area contributed by atoms with Gasteiger partial charge >= 0.3 is 0 Å². The molecule has 24 heavy (non-hydrogen) atoms. The highest BCUT2D eigenvalue weighted by molar-refractivity contribution is 7.13. The molecule has 0 saturated carbocycles. The highest BCUT2D eigenvalue weighted by Gasteiger charge is 2.20. The van der Waals surface area contributed by atoms with E-state index in [-0.39, 0.29) is 11.3 Å². The Labute approximate surface area is 145 Å². The standard InChI is InChI=1S/C17H21N3O3S/c1-5-23-12-8-6-11(7-9-12)14(21)19-20-15(22)13-10-18-16(24-13)17(2,3)4/h6-10H,5H2,1-4H3,(H,19,21)(H,20,22). The number of amides is 2. The topological polar surface area (TPSA) is 80.3 Å². The predicted octanol–water partition coefficient (Wildman–Crippen LogP) is 2.91. The van der Waals surface area contributed by atoms with Gasteiger partial charge in [0.1, 0.15) is 10.6 Å². The molecule has 0 unspecified atom stereocenters. The zero-order valence-electron chi connectivity index (χ0n) is 14.2. The summed E-state index contributed by atoms with van der Waals surface area (Å²) in [6.07, 6.45) is 1.52. The summed E-state index contributed by atoms with van der Waals surface area (Å²) in [7, 11) is 0. The second kappa shape index (κ2) is 7.44. The Morgan fingerprint density at radius 1 is 1.12 bits per heavy atom. The van der Waals surface area contributed by atoms with Crippen LogP contribution >= 0.6 is 11.3 Å². The van der Waals surface area contributed by atoms with Crippen LogP contribution in [0.3, 0.4) is 0 Å². The Kier molecular flexibility index (Phi) is 5.56. The molecule has 0 radical (unpaired) electrons. The highest BCUT2D eigenvalue weighted by atomic mass is 32.1. The third-order valence-corrected chi connectivity index (χ3v) is 4.51. The first-order valence-electron chi connectivity index (χ1n) is 7.61. The third-order valence-electron chi connectivity index (χ3n) is 3.09. The number of rotatable bonds is 4. The van der Waals surface area contributed by atoms with Gasteiger partial charge < -0.3 is 4.74 Å². The fourth-order valence-corrected chi connectivity index (χ4v) is 2.71. The SMILES string of the molecule is CCOc1ccc(C(=O)NNC(=O)c2cnc(C(C)(C)C)s2)cc1. The first-order chi connectivity index (χ1) is 11.3. The lowest BCUT2D eigenvalue weighted by Gasteiger charge is -2.13. The summed E-state index contributed by atoms with van der Waals surface area (Å²) in [6.45, 7) is 8.54. The third kappa shape index (κ3) is 4.55. The van der Waals surface area contributed by atoms with Crippen LogP contribution in [-0.2, 0) is 5.41 Å². The molecular formula is C17H21N3O3S. The Morgan fingerprint density at radius 2 is 1.75 bits per heavy atom. The molecule has 2 aromatic rings. The number of hydrogen-bond donors (Lipinski definition) is 2. The van der Waals surface area contributed by atoms with Gasteiger partial charge in [0.2, 0.25) is 0 Å². The Balaban J connectivity index is 1.93. The largest absolute Gasteiger partial charge is 0.494 e. The van der Waals surface area contributed by atoms with Crippen LogP contribution in [0.25, 0.3) is 0 Å². The smallest absolute Gasteiger partial charge is 0.281 e. The molecular weight excluding hydrogens is 326 g/mol. The van der Waals surface area contributed by atoms with Gasteiger partial charge in [-0.1, -0.05) is 20.8 Å². The molecule has 0 saturated heterocycles. The Morgan fingerprint density at radius 3 is 2.29 bits per heavy atom. The van der Waals surface area contributed by atoms with Crippen LogP contribution < -0.4 is 15.6 Å². The van der Waals surface area contributed by atoms with Crippen molar-refractivity contribution in [1.82, 2.24) is 15.8 Å². The summed E-state index contributed by atoms with van der Waals surface area (Å²) >= 11 is 1.31. The lowest BCUT2D eigenvalue weighted by atomic mass is 9.98. The summed E-state index contributed by atoms with van der Waals surface area (Å²) in [5, 5.41) is 0.866. The van der Waals surface area contributed by atoms with Gasteiger partial charge in [0.25, 0.3) is 11.8 Å². The van der Waals surface area contributed by atoms with Crippen molar-refractivity contribution >= 4 is 23.2 Å². The van der Waals surface area contributed by atoms with E-state index in [1.165, 1.54) is 17.5 Å². The number of nitrogens with zero attached hydrogens (tertiary/aromatic N) is 1. The first kappa shape index (κ1) is 17.9. The van der Waals surface area contributed by atoms with E-state index in [0.717, 1.165) is 5.01 Å². The van der Waals surface area contributed by atoms with E-state index in [4.69, 9.17) is 4.74 Å². The van der Waals surface area contributed by atoms with Crippen molar-refractivity contribution in [1.29, 1.82) is 0 Å². The lowest BCUT2D eigenvalue weighted by molar-refractivity contribution is 0.0848. The van der Waals surface area contributed by atoms with E-state index in [0.29, 0.717) is 22.8 Å². The molecule has 0 aliphatic heterocycles. The minimum atomic E-state index is -0.396.